The maximum absolute atomic E-state index is 5.85. The fourth-order valence-electron chi connectivity index (χ4n) is 1.72. The van der Waals surface area contributed by atoms with Crippen molar-refractivity contribution in [1.29, 1.82) is 0 Å². The predicted molar refractivity (Wildman–Crippen MR) is 70.6 cm³/mol. The van der Waals surface area contributed by atoms with Gasteiger partial charge in [0.05, 0.1) is 10.5 Å². The summed E-state index contributed by atoms with van der Waals surface area (Å²) in [4.78, 5) is 0. The monoisotopic (exact) mass is 281 g/mol. The summed E-state index contributed by atoms with van der Waals surface area (Å²) in [5.41, 5.74) is 0.933. The van der Waals surface area contributed by atoms with Crippen molar-refractivity contribution in [2.45, 2.75) is 26.3 Å². The molecule has 0 bridgehead atoms. The third-order valence-electron chi connectivity index (χ3n) is 2.64. The topological polar surface area (TPSA) is 25.2 Å². The molecule has 1 unspecified atom stereocenters. The van der Waals surface area contributed by atoms with Gasteiger partial charge in [-0.3, -0.25) is 0 Å². The summed E-state index contributed by atoms with van der Waals surface area (Å²) in [5, 5.41) is 4.57. The van der Waals surface area contributed by atoms with Crippen molar-refractivity contribution < 1.29 is 4.42 Å². The van der Waals surface area contributed by atoms with Crippen molar-refractivity contribution in [3.05, 3.63) is 34.5 Å². The van der Waals surface area contributed by atoms with Crippen LogP contribution < -0.4 is 5.32 Å². The quantitative estimate of drug-likeness (QED) is 0.906. The zero-order valence-corrected chi connectivity index (χ0v) is 11.2. The van der Waals surface area contributed by atoms with Gasteiger partial charge in [-0.1, -0.05) is 19.1 Å². The number of benzene rings is 1. The molecule has 1 heterocycles. The third-order valence-corrected chi connectivity index (χ3v) is 3.27. The zero-order valence-electron chi connectivity index (χ0n) is 9.59. The Hall–Kier alpha value is -0.800. The van der Waals surface area contributed by atoms with Gasteiger partial charge in [0.15, 0.2) is 0 Å². The molecule has 0 saturated heterocycles. The number of hydrogen-bond donors (Lipinski definition) is 1. The van der Waals surface area contributed by atoms with Gasteiger partial charge in [0.2, 0.25) is 0 Å². The van der Waals surface area contributed by atoms with Gasteiger partial charge in [-0.15, -0.1) is 0 Å². The second kappa shape index (κ2) is 5.02. The Kier molecular flexibility index (Phi) is 3.66. The van der Waals surface area contributed by atoms with Gasteiger partial charge in [0.25, 0.3) is 0 Å². The van der Waals surface area contributed by atoms with Crippen LogP contribution in [-0.4, -0.2) is 6.54 Å². The lowest BCUT2D eigenvalue weighted by Crippen LogP contribution is -2.18. The maximum Gasteiger partial charge on any atom is 0.148 e. The molecule has 0 aliphatic carbocycles. The minimum Gasteiger partial charge on any atom is -0.458 e. The fraction of sp³-hybridized carbons (Fsp3) is 0.385. The second-order valence-corrected chi connectivity index (χ2v) is 4.84. The molecule has 0 saturated carbocycles. The number of para-hydroxylation sites is 1. The summed E-state index contributed by atoms with van der Waals surface area (Å²) in [5.74, 6) is 0.996. The Morgan fingerprint density at radius 3 is 2.94 bits per heavy atom. The average molecular weight is 282 g/mol. The Morgan fingerprint density at radius 2 is 2.25 bits per heavy atom. The first-order valence-electron chi connectivity index (χ1n) is 5.63. The predicted octanol–water partition coefficient (Wildman–Crippen LogP) is 4.26. The van der Waals surface area contributed by atoms with E-state index in [1.165, 1.54) is 0 Å². The number of hydrogen-bond acceptors (Lipinski definition) is 2. The molecule has 16 heavy (non-hydrogen) atoms. The van der Waals surface area contributed by atoms with E-state index in [9.17, 15) is 0 Å². The smallest absolute Gasteiger partial charge is 0.148 e. The van der Waals surface area contributed by atoms with Crippen LogP contribution in [0.3, 0.4) is 0 Å². The molecule has 1 atom stereocenters. The first-order valence-corrected chi connectivity index (χ1v) is 6.43. The van der Waals surface area contributed by atoms with E-state index in [1.54, 1.807) is 0 Å². The van der Waals surface area contributed by atoms with Crippen molar-refractivity contribution >= 4 is 26.9 Å². The molecule has 0 aliphatic rings. The SMILES string of the molecule is CCCNC(C)c1cc2cccc(Br)c2o1. The van der Waals surface area contributed by atoms with Gasteiger partial charge in [-0.05, 0) is 48.0 Å². The lowest BCUT2D eigenvalue weighted by molar-refractivity contribution is 0.451. The molecule has 0 spiro atoms. The number of furan rings is 1. The highest BCUT2D eigenvalue weighted by atomic mass is 79.9. The normalized spacial score (nSPS) is 13.2. The fourth-order valence-corrected chi connectivity index (χ4v) is 2.18. The van der Waals surface area contributed by atoms with Gasteiger partial charge in [0, 0.05) is 5.39 Å². The molecule has 3 heteroatoms. The van der Waals surface area contributed by atoms with Gasteiger partial charge >= 0.3 is 0 Å². The molecule has 86 valence electrons. The number of rotatable bonds is 4. The molecule has 2 aromatic rings. The van der Waals surface area contributed by atoms with Crippen LogP contribution in [0, 0.1) is 0 Å². The van der Waals surface area contributed by atoms with E-state index >= 15 is 0 Å². The van der Waals surface area contributed by atoms with Crippen molar-refractivity contribution in [1.82, 2.24) is 5.32 Å². The Labute approximate surface area is 104 Å². The van der Waals surface area contributed by atoms with E-state index in [-0.39, 0.29) is 6.04 Å². The average Bonchev–Trinajstić information content (AvgIpc) is 2.71. The summed E-state index contributed by atoms with van der Waals surface area (Å²) < 4.78 is 6.86. The molecule has 2 nitrogen and oxygen atoms in total. The Bertz CT molecular complexity index is 478. The van der Waals surface area contributed by atoms with Crippen molar-refractivity contribution in [2.24, 2.45) is 0 Å². The van der Waals surface area contributed by atoms with Gasteiger partial charge in [-0.2, -0.15) is 0 Å². The van der Waals surface area contributed by atoms with Crippen LogP contribution in [0.5, 0.6) is 0 Å². The summed E-state index contributed by atoms with van der Waals surface area (Å²) in [6.45, 7) is 5.30. The van der Waals surface area contributed by atoms with Crippen LogP contribution in [-0.2, 0) is 0 Å². The molecular weight excluding hydrogens is 266 g/mol. The van der Waals surface area contributed by atoms with Crippen LogP contribution in [0.25, 0.3) is 11.0 Å². The first kappa shape index (κ1) is 11.7. The molecule has 1 N–H and O–H groups in total. The van der Waals surface area contributed by atoms with Gasteiger partial charge in [0.1, 0.15) is 11.3 Å². The second-order valence-electron chi connectivity index (χ2n) is 3.98. The highest BCUT2D eigenvalue weighted by Crippen LogP contribution is 2.29. The molecule has 1 aromatic heterocycles. The van der Waals surface area contributed by atoms with Crippen LogP contribution in [0.2, 0.25) is 0 Å². The maximum atomic E-state index is 5.85. The lowest BCUT2D eigenvalue weighted by atomic mass is 10.2. The minimum absolute atomic E-state index is 0.263. The summed E-state index contributed by atoms with van der Waals surface area (Å²) in [7, 11) is 0. The van der Waals surface area contributed by atoms with Crippen LogP contribution in [0.1, 0.15) is 32.1 Å². The lowest BCUT2D eigenvalue weighted by Gasteiger charge is -2.09. The van der Waals surface area contributed by atoms with E-state index in [0.717, 1.165) is 34.2 Å². The van der Waals surface area contributed by atoms with Crippen LogP contribution in [0.15, 0.2) is 33.2 Å². The van der Waals surface area contributed by atoms with E-state index in [4.69, 9.17) is 4.42 Å². The highest BCUT2D eigenvalue weighted by molar-refractivity contribution is 9.10. The summed E-state index contributed by atoms with van der Waals surface area (Å²) in [6, 6.07) is 8.46. The molecule has 0 fully saturated rings. The van der Waals surface area contributed by atoms with Gasteiger partial charge in [-0.25, -0.2) is 0 Å². The summed E-state index contributed by atoms with van der Waals surface area (Å²) in [6.07, 6.45) is 1.13. The van der Waals surface area contributed by atoms with Crippen molar-refractivity contribution in [3.8, 4) is 0 Å². The zero-order chi connectivity index (χ0) is 11.5. The van der Waals surface area contributed by atoms with Crippen molar-refractivity contribution in [3.63, 3.8) is 0 Å². The number of halogens is 1. The molecule has 2 rings (SSSR count). The first-order chi connectivity index (χ1) is 7.72. The summed E-state index contributed by atoms with van der Waals surface area (Å²) >= 11 is 3.50. The minimum atomic E-state index is 0.263. The van der Waals surface area contributed by atoms with Crippen molar-refractivity contribution in [2.75, 3.05) is 6.54 Å². The van der Waals surface area contributed by atoms with Crippen LogP contribution in [0.4, 0.5) is 0 Å². The molecule has 0 amide bonds. The largest absolute Gasteiger partial charge is 0.458 e. The highest BCUT2D eigenvalue weighted by Gasteiger charge is 2.11. The Morgan fingerprint density at radius 1 is 1.44 bits per heavy atom. The number of fused-ring (bicyclic) bond motifs is 1. The molecule has 0 radical (unpaired) electrons. The standard InChI is InChI=1S/C13H16BrNO/c1-3-7-15-9(2)12-8-10-5-4-6-11(14)13(10)16-12/h4-6,8-9,15H,3,7H2,1-2H3. The Balaban J connectivity index is 2.29. The molecule has 0 aliphatic heterocycles. The van der Waals surface area contributed by atoms with Gasteiger partial charge < -0.3 is 9.73 Å². The van der Waals surface area contributed by atoms with E-state index in [0.29, 0.717) is 0 Å². The van der Waals surface area contributed by atoms with E-state index < -0.39 is 0 Å². The molecular formula is C13H16BrNO. The third kappa shape index (κ3) is 2.30. The van der Waals surface area contributed by atoms with E-state index in [2.05, 4.69) is 47.2 Å². The molecule has 1 aromatic carbocycles. The van der Waals surface area contributed by atoms with Crippen LogP contribution >= 0.6 is 15.9 Å². The van der Waals surface area contributed by atoms with E-state index in [1.807, 2.05) is 12.1 Å². The number of nitrogens with one attached hydrogen (secondary N) is 1.